The quantitative estimate of drug-likeness (QED) is 0.795. The van der Waals surface area contributed by atoms with E-state index in [0.29, 0.717) is 13.0 Å². The summed E-state index contributed by atoms with van der Waals surface area (Å²) < 4.78 is 29.3. The van der Waals surface area contributed by atoms with Gasteiger partial charge >= 0.3 is 0 Å². The lowest BCUT2D eigenvalue weighted by Crippen LogP contribution is -2.29. The van der Waals surface area contributed by atoms with Gasteiger partial charge in [0, 0.05) is 17.4 Å². The van der Waals surface area contributed by atoms with Crippen LogP contribution in [0.25, 0.3) is 0 Å². The van der Waals surface area contributed by atoms with Gasteiger partial charge in [-0.25, -0.2) is 8.42 Å². The number of para-hydroxylation sites is 1. The molecule has 1 aromatic rings. The van der Waals surface area contributed by atoms with Crippen molar-refractivity contribution >= 4 is 9.84 Å². The molecule has 1 atom stereocenters. The van der Waals surface area contributed by atoms with E-state index in [9.17, 15) is 8.42 Å². The van der Waals surface area contributed by atoms with Crippen molar-refractivity contribution in [1.82, 2.24) is 5.32 Å². The molecule has 0 aliphatic rings. The van der Waals surface area contributed by atoms with E-state index in [-0.39, 0.29) is 17.5 Å². The first-order chi connectivity index (χ1) is 9.04. The van der Waals surface area contributed by atoms with E-state index in [1.165, 1.54) is 0 Å². The van der Waals surface area contributed by atoms with Crippen LogP contribution < -0.4 is 10.1 Å². The molecule has 0 aliphatic carbocycles. The lowest BCUT2D eigenvalue weighted by atomic mass is 10.1. The molecule has 0 spiro atoms. The van der Waals surface area contributed by atoms with E-state index < -0.39 is 9.84 Å². The Morgan fingerprint density at radius 3 is 2.53 bits per heavy atom. The minimum Gasteiger partial charge on any atom is -0.496 e. The average Bonchev–Trinajstić information content (AvgIpc) is 2.38. The summed E-state index contributed by atoms with van der Waals surface area (Å²) in [5, 5.41) is 3.23. The smallest absolute Gasteiger partial charge is 0.152 e. The predicted octanol–water partition coefficient (Wildman–Crippen LogP) is 2.17. The molecule has 1 rings (SSSR count). The minimum absolute atomic E-state index is 0.106. The van der Waals surface area contributed by atoms with E-state index in [2.05, 4.69) is 5.32 Å². The highest BCUT2D eigenvalue weighted by Gasteiger charge is 2.21. The van der Waals surface area contributed by atoms with Gasteiger partial charge in [0.1, 0.15) is 5.75 Å². The van der Waals surface area contributed by atoms with Crippen molar-refractivity contribution in [3.63, 3.8) is 0 Å². The number of hydrogen-bond acceptors (Lipinski definition) is 4. The van der Waals surface area contributed by atoms with Crippen LogP contribution in [0.3, 0.4) is 0 Å². The average molecular weight is 285 g/mol. The van der Waals surface area contributed by atoms with Crippen LogP contribution in [-0.4, -0.2) is 33.6 Å². The Morgan fingerprint density at radius 1 is 1.26 bits per heavy atom. The van der Waals surface area contributed by atoms with Gasteiger partial charge in [-0.05, 0) is 19.0 Å². The second kappa shape index (κ2) is 7.50. The van der Waals surface area contributed by atoms with Crippen LogP contribution in [0, 0.1) is 0 Å². The van der Waals surface area contributed by atoms with Gasteiger partial charge in [0.2, 0.25) is 0 Å². The minimum atomic E-state index is -3.04. The van der Waals surface area contributed by atoms with Gasteiger partial charge in [-0.3, -0.25) is 0 Å². The molecule has 1 unspecified atom stereocenters. The topological polar surface area (TPSA) is 55.4 Å². The lowest BCUT2D eigenvalue weighted by molar-refractivity contribution is 0.402. The van der Waals surface area contributed by atoms with Gasteiger partial charge in [-0.2, -0.15) is 0 Å². The fraction of sp³-hybridized carbons (Fsp3) is 0.571. The Labute approximate surface area is 116 Å². The molecule has 5 heteroatoms. The van der Waals surface area contributed by atoms with Gasteiger partial charge in [-0.1, -0.05) is 32.0 Å². The molecule has 0 amide bonds. The zero-order valence-electron chi connectivity index (χ0n) is 11.8. The molecule has 0 radical (unpaired) electrons. The summed E-state index contributed by atoms with van der Waals surface area (Å²) in [6, 6.07) is 7.32. The molecular weight excluding hydrogens is 262 g/mol. The number of hydrogen-bond donors (Lipinski definition) is 1. The van der Waals surface area contributed by atoms with Crippen molar-refractivity contribution in [3.8, 4) is 5.75 Å². The van der Waals surface area contributed by atoms with Gasteiger partial charge in [0.25, 0.3) is 0 Å². The molecule has 1 aromatic carbocycles. The summed E-state index contributed by atoms with van der Waals surface area (Å²) in [5.74, 6) is 1.05. The zero-order valence-corrected chi connectivity index (χ0v) is 12.7. The number of sulfone groups is 1. The summed E-state index contributed by atoms with van der Waals surface area (Å²) in [6.07, 6.45) is 0.646. The summed E-state index contributed by atoms with van der Waals surface area (Å²) in [4.78, 5) is 0. The predicted molar refractivity (Wildman–Crippen MR) is 78.4 cm³/mol. The van der Waals surface area contributed by atoms with Crippen LogP contribution >= 0.6 is 0 Å². The normalized spacial score (nSPS) is 13.2. The molecule has 0 saturated carbocycles. The van der Waals surface area contributed by atoms with Crippen LogP contribution in [0.2, 0.25) is 0 Å². The Morgan fingerprint density at radius 2 is 1.95 bits per heavy atom. The van der Waals surface area contributed by atoms with Crippen LogP contribution in [-0.2, 0) is 9.84 Å². The maximum absolute atomic E-state index is 12.0. The molecule has 0 aromatic heterocycles. The molecule has 0 fully saturated rings. The fourth-order valence-corrected chi connectivity index (χ4v) is 3.70. The van der Waals surface area contributed by atoms with E-state index in [1.54, 1.807) is 7.11 Å². The highest BCUT2D eigenvalue weighted by atomic mass is 32.2. The van der Waals surface area contributed by atoms with Crippen LogP contribution in [0.15, 0.2) is 24.3 Å². The third-order valence-corrected chi connectivity index (χ3v) is 4.77. The maximum Gasteiger partial charge on any atom is 0.152 e. The van der Waals surface area contributed by atoms with E-state index in [4.69, 9.17) is 4.74 Å². The first-order valence-electron chi connectivity index (χ1n) is 6.60. The third kappa shape index (κ3) is 4.84. The standard InChI is InChI=1S/C14H23NO3S/c1-4-10-19(16,17)11-13(15-5-2)12-8-6-7-9-14(12)18-3/h6-9,13,15H,4-5,10-11H2,1-3H3. The van der Waals surface area contributed by atoms with E-state index >= 15 is 0 Å². The van der Waals surface area contributed by atoms with Crippen LogP contribution in [0.4, 0.5) is 0 Å². The lowest BCUT2D eigenvalue weighted by Gasteiger charge is -2.20. The van der Waals surface area contributed by atoms with E-state index in [1.807, 2.05) is 38.1 Å². The molecular formula is C14H23NO3S. The highest BCUT2D eigenvalue weighted by Crippen LogP contribution is 2.26. The Bertz CT molecular complexity index is 485. The van der Waals surface area contributed by atoms with Crippen molar-refractivity contribution in [2.24, 2.45) is 0 Å². The van der Waals surface area contributed by atoms with Gasteiger partial charge in [-0.15, -0.1) is 0 Å². The van der Waals surface area contributed by atoms with Gasteiger partial charge in [0.05, 0.1) is 12.9 Å². The fourth-order valence-electron chi connectivity index (χ4n) is 2.11. The van der Waals surface area contributed by atoms with Gasteiger partial charge < -0.3 is 10.1 Å². The summed E-state index contributed by atoms with van der Waals surface area (Å²) in [7, 11) is -1.44. The zero-order chi connectivity index (χ0) is 14.3. The Kier molecular flexibility index (Phi) is 6.31. The second-order valence-electron chi connectivity index (χ2n) is 4.47. The highest BCUT2D eigenvalue weighted by molar-refractivity contribution is 7.91. The molecule has 19 heavy (non-hydrogen) atoms. The molecule has 0 bridgehead atoms. The maximum atomic E-state index is 12.0. The largest absolute Gasteiger partial charge is 0.496 e. The van der Waals surface area contributed by atoms with Crippen molar-refractivity contribution in [1.29, 1.82) is 0 Å². The first-order valence-corrected chi connectivity index (χ1v) is 8.43. The SMILES string of the molecule is CCCS(=O)(=O)CC(NCC)c1ccccc1OC. The van der Waals surface area contributed by atoms with Crippen LogP contribution in [0.1, 0.15) is 31.9 Å². The number of nitrogens with one attached hydrogen (secondary N) is 1. The monoisotopic (exact) mass is 285 g/mol. The molecule has 0 heterocycles. The van der Waals surface area contributed by atoms with Crippen molar-refractivity contribution in [3.05, 3.63) is 29.8 Å². The molecule has 1 N–H and O–H groups in total. The van der Waals surface area contributed by atoms with Crippen molar-refractivity contribution < 1.29 is 13.2 Å². The molecule has 0 saturated heterocycles. The summed E-state index contributed by atoms with van der Waals surface area (Å²) in [5.41, 5.74) is 0.895. The summed E-state index contributed by atoms with van der Waals surface area (Å²) >= 11 is 0. The molecule has 0 aliphatic heterocycles. The van der Waals surface area contributed by atoms with E-state index in [0.717, 1.165) is 11.3 Å². The van der Waals surface area contributed by atoms with Gasteiger partial charge in [0.15, 0.2) is 9.84 Å². The number of rotatable bonds is 8. The Hall–Kier alpha value is -1.07. The second-order valence-corrected chi connectivity index (χ2v) is 6.70. The van der Waals surface area contributed by atoms with Crippen molar-refractivity contribution in [2.45, 2.75) is 26.3 Å². The third-order valence-electron chi connectivity index (χ3n) is 2.90. The Balaban J connectivity index is 3.00. The molecule has 108 valence electrons. The number of benzene rings is 1. The number of ether oxygens (including phenoxy) is 1. The van der Waals surface area contributed by atoms with Crippen molar-refractivity contribution in [2.75, 3.05) is 25.2 Å². The molecule has 4 nitrogen and oxygen atoms in total. The summed E-state index contributed by atoms with van der Waals surface area (Å²) in [6.45, 7) is 4.56. The van der Waals surface area contributed by atoms with Crippen LogP contribution in [0.5, 0.6) is 5.75 Å². The number of methoxy groups -OCH3 is 1. The first kappa shape index (κ1) is 16.0.